The van der Waals surface area contributed by atoms with Crippen LogP contribution in [0.25, 0.3) is 0 Å². The Kier molecular flexibility index (Phi) is 4.88. The van der Waals surface area contributed by atoms with E-state index in [1.165, 1.54) is 12.1 Å². The predicted octanol–water partition coefficient (Wildman–Crippen LogP) is 2.89. The van der Waals surface area contributed by atoms with Crippen LogP contribution >= 0.6 is 0 Å². The lowest BCUT2D eigenvalue weighted by atomic mass is 10.0. The molecule has 5 heteroatoms. The largest absolute Gasteiger partial charge is 0.489 e. The van der Waals surface area contributed by atoms with Crippen molar-refractivity contribution in [1.29, 1.82) is 0 Å². The van der Waals surface area contributed by atoms with Crippen molar-refractivity contribution in [1.82, 2.24) is 0 Å². The summed E-state index contributed by atoms with van der Waals surface area (Å²) in [6.07, 6.45) is 0. The van der Waals surface area contributed by atoms with Gasteiger partial charge in [0.25, 0.3) is 5.92 Å². The molecule has 0 amide bonds. The smallest absolute Gasteiger partial charge is 0.289 e. The maximum absolute atomic E-state index is 13.3. The predicted molar refractivity (Wildman–Crippen MR) is 76.2 cm³/mol. The van der Waals surface area contributed by atoms with E-state index in [9.17, 15) is 8.78 Å². The van der Waals surface area contributed by atoms with E-state index < -0.39 is 18.6 Å². The van der Waals surface area contributed by atoms with Gasteiger partial charge in [-0.1, -0.05) is 42.5 Å². The summed E-state index contributed by atoms with van der Waals surface area (Å²) in [4.78, 5) is 0. The molecule has 0 aliphatic carbocycles. The van der Waals surface area contributed by atoms with Crippen molar-refractivity contribution < 1.29 is 18.6 Å². The molecular weight excluding hydrogens is 276 g/mol. The van der Waals surface area contributed by atoms with Crippen molar-refractivity contribution in [3.63, 3.8) is 0 Å². The van der Waals surface area contributed by atoms with Gasteiger partial charge in [0.2, 0.25) is 0 Å². The number of hydrogen-bond donors (Lipinski definition) is 2. The van der Waals surface area contributed by atoms with Gasteiger partial charge < -0.3 is 15.6 Å². The summed E-state index contributed by atoms with van der Waals surface area (Å²) in [5.41, 5.74) is 6.72. The number of alkyl halides is 2. The molecule has 112 valence electrons. The van der Waals surface area contributed by atoms with Crippen LogP contribution in [0.5, 0.6) is 5.75 Å². The average Bonchev–Trinajstić information content (AvgIpc) is 2.53. The Hall–Kier alpha value is -1.98. The molecular formula is C16H17F2NO2. The molecule has 0 heterocycles. The van der Waals surface area contributed by atoms with Crippen molar-refractivity contribution in [3.05, 3.63) is 65.7 Å². The Labute approximate surface area is 122 Å². The van der Waals surface area contributed by atoms with Gasteiger partial charge in [-0.05, 0) is 23.3 Å². The molecule has 0 spiro atoms. The van der Waals surface area contributed by atoms with Crippen molar-refractivity contribution >= 4 is 0 Å². The highest BCUT2D eigenvalue weighted by Gasteiger charge is 2.37. The van der Waals surface area contributed by atoms with Gasteiger partial charge in [0.15, 0.2) is 0 Å². The molecule has 3 N–H and O–H groups in total. The zero-order chi connectivity index (χ0) is 15.3. The molecule has 21 heavy (non-hydrogen) atoms. The van der Waals surface area contributed by atoms with Crippen LogP contribution in [0.2, 0.25) is 0 Å². The molecule has 3 nitrogen and oxygen atoms in total. The Bertz CT molecular complexity index is 558. The van der Waals surface area contributed by atoms with E-state index in [1.807, 2.05) is 30.3 Å². The summed E-state index contributed by atoms with van der Waals surface area (Å²) in [6, 6.07) is 14.2. The first-order chi connectivity index (χ1) is 10.0. The van der Waals surface area contributed by atoms with Crippen LogP contribution in [0, 0.1) is 0 Å². The lowest BCUT2D eigenvalue weighted by Gasteiger charge is -2.21. The van der Waals surface area contributed by atoms with Gasteiger partial charge in [-0.25, -0.2) is 8.78 Å². The Balaban J connectivity index is 1.99. The summed E-state index contributed by atoms with van der Waals surface area (Å²) in [6.45, 7) is -0.876. The van der Waals surface area contributed by atoms with Crippen LogP contribution in [0.4, 0.5) is 8.78 Å². The maximum atomic E-state index is 13.3. The normalized spacial score (nSPS) is 13.0. The van der Waals surface area contributed by atoms with E-state index in [2.05, 4.69) is 0 Å². The zero-order valence-electron chi connectivity index (χ0n) is 11.4. The van der Waals surface area contributed by atoms with Gasteiger partial charge in [-0.2, -0.15) is 0 Å². The molecule has 0 bridgehead atoms. The molecule has 0 saturated heterocycles. The Morgan fingerprint density at radius 3 is 2.24 bits per heavy atom. The summed E-state index contributed by atoms with van der Waals surface area (Å²) < 4.78 is 32.2. The van der Waals surface area contributed by atoms with E-state index >= 15 is 0 Å². The highest BCUT2D eigenvalue weighted by molar-refractivity contribution is 5.30. The molecule has 0 aliphatic heterocycles. The molecule has 2 rings (SSSR count). The number of benzene rings is 2. The lowest BCUT2D eigenvalue weighted by Crippen LogP contribution is -2.36. The molecule has 0 fully saturated rings. The van der Waals surface area contributed by atoms with E-state index in [-0.39, 0.29) is 5.56 Å². The van der Waals surface area contributed by atoms with Crippen LogP contribution in [-0.4, -0.2) is 17.6 Å². The van der Waals surface area contributed by atoms with Crippen LogP contribution < -0.4 is 10.5 Å². The van der Waals surface area contributed by atoms with Crippen LogP contribution in [-0.2, 0) is 6.61 Å². The van der Waals surface area contributed by atoms with Crippen LogP contribution in [0.3, 0.4) is 0 Å². The number of aliphatic hydroxyl groups is 1. The Morgan fingerprint density at radius 2 is 1.67 bits per heavy atom. The second kappa shape index (κ2) is 6.65. The maximum Gasteiger partial charge on any atom is 0.289 e. The minimum atomic E-state index is -3.34. The first-order valence-corrected chi connectivity index (χ1v) is 6.54. The first kappa shape index (κ1) is 15.4. The number of ether oxygens (including phenoxy) is 1. The van der Waals surface area contributed by atoms with E-state index in [0.29, 0.717) is 12.4 Å². The first-order valence-electron chi connectivity index (χ1n) is 6.54. The fourth-order valence-electron chi connectivity index (χ4n) is 1.85. The fraction of sp³-hybridized carbons (Fsp3) is 0.250. The van der Waals surface area contributed by atoms with Crippen molar-refractivity contribution in [2.75, 3.05) is 6.61 Å². The third kappa shape index (κ3) is 4.00. The van der Waals surface area contributed by atoms with E-state index in [1.54, 1.807) is 12.1 Å². The van der Waals surface area contributed by atoms with Crippen molar-refractivity contribution in [2.24, 2.45) is 5.73 Å². The van der Waals surface area contributed by atoms with Crippen molar-refractivity contribution in [2.45, 2.75) is 18.6 Å². The van der Waals surface area contributed by atoms with Gasteiger partial charge in [-0.15, -0.1) is 0 Å². The number of halogens is 2. The molecule has 2 aromatic carbocycles. The molecule has 0 aromatic heterocycles. The molecule has 0 saturated carbocycles. The minimum Gasteiger partial charge on any atom is -0.489 e. The van der Waals surface area contributed by atoms with Gasteiger partial charge in [-0.3, -0.25) is 0 Å². The third-order valence-electron chi connectivity index (χ3n) is 3.15. The van der Waals surface area contributed by atoms with E-state index in [0.717, 1.165) is 5.56 Å². The average molecular weight is 293 g/mol. The molecule has 0 radical (unpaired) electrons. The van der Waals surface area contributed by atoms with Gasteiger partial charge in [0.05, 0.1) is 6.04 Å². The quantitative estimate of drug-likeness (QED) is 0.861. The highest BCUT2D eigenvalue weighted by atomic mass is 19.3. The molecule has 0 aliphatic rings. The minimum absolute atomic E-state index is 0.251. The van der Waals surface area contributed by atoms with Gasteiger partial charge >= 0.3 is 0 Å². The second-order valence-corrected chi connectivity index (χ2v) is 4.74. The third-order valence-corrected chi connectivity index (χ3v) is 3.15. The monoisotopic (exact) mass is 293 g/mol. The van der Waals surface area contributed by atoms with Gasteiger partial charge in [0.1, 0.15) is 19.0 Å². The summed E-state index contributed by atoms with van der Waals surface area (Å²) >= 11 is 0. The SMILES string of the molecule is N[C@H](c1ccc(OCc2ccccc2)cc1)C(F)(F)CO. The van der Waals surface area contributed by atoms with Crippen molar-refractivity contribution in [3.8, 4) is 5.75 Å². The molecule has 2 aromatic rings. The lowest BCUT2D eigenvalue weighted by molar-refractivity contribution is -0.0711. The number of rotatable bonds is 6. The van der Waals surface area contributed by atoms with Crippen LogP contribution in [0.1, 0.15) is 17.2 Å². The highest BCUT2D eigenvalue weighted by Crippen LogP contribution is 2.29. The zero-order valence-corrected chi connectivity index (χ0v) is 11.4. The summed E-state index contributed by atoms with van der Waals surface area (Å²) in [7, 11) is 0. The summed E-state index contributed by atoms with van der Waals surface area (Å²) in [5.74, 6) is -2.77. The molecule has 1 atom stereocenters. The summed E-state index contributed by atoms with van der Waals surface area (Å²) in [5, 5.41) is 8.64. The topological polar surface area (TPSA) is 55.5 Å². The molecule has 0 unspecified atom stereocenters. The number of nitrogens with two attached hydrogens (primary N) is 1. The standard InChI is InChI=1S/C16H17F2NO2/c17-16(18,11-20)15(19)13-6-8-14(9-7-13)21-10-12-4-2-1-3-5-12/h1-9,15,20H,10-11,19H2/t15-/m1/s1. The van der Waals surface area contributed by atoms with Gasteiger partial charge in [0, 0.05) is 0 Å². The number of hydrogen-bond acceptors (Lipinski definition) is 3. The number of aliphatic hydroxyl groups excluding tert-OH is 1. The second-order valence-electron chi connectivity index (χ2n) is 4.74. The van der Waals surface area contributed by atoms with E-state index in [4.69, 9.17) is 15.6 Å². The Morgan fingerprint density at radius 1 is 1.05 bits per heavy atom. The van der Waals surface area contributed by atoms with Crippen LogP contribution in [0.15, 0.2) is 54.6 Å². The fourth-order valence-corrected chi connectivity index (χ4v) is 1.85.